The first-order valence-electron chi connectivity index (χ1n) is 7.73. The van der Waals surface area contributed by atoms with Crippen LogP contribution in [-0.2, 0) is 9.59 Å². The van der Waals surface area contributed by atoms with E-state index in [0.29, 0.717) is 10.7 Å². The molecule has 2 aromatic rings. The van der Waals surface area contributed by atoms with Crippen LogP contribution in [0.25, 0.3) is 0 Å². The molecule has 2 atom stereocenters. The summed E-state index contributed by atoms with van der Waals surface area (Å²) in [6.07, 6.45) is -0.0999. The van der Waals surface area contributed by atoms with Crippen LogP contribution in [0.4, 0.5) is 5.69 Å². The number of anilines is 1. The van der Waals surface area contributed by atoms with E-state index < -0.39 is 11.9 Å². The summed E-state index contributed by atoms with van der Waals surface area (Å²) in [5, 5.41) is 12.8. The van der Waals surface area contributed by atoms with Crippen molar-refractivity contribution in [3.05, 3.63) is 64.7 Å². The molecule has 126 valence electrons. The van der Waals surface area contributed by atoms with Gasteiger partial charge in [0.25, 0.3) is 0 Å². The minimum absolute atomic E-state index is 0.0999. The van der Waals surface area contributed by atoms with Gasteiger partial charge in [-0.1, -0.05) is 54.9 Å². The zero-order valence-electron chi connectivity index (χ0n) is 13.6. The number of halogens is 1. The van der Waals surface area contributed by atoms with Crippen LogP contribution in [0.5, 0.6) is 0 Å². The average Bonchev–Trinajstić information content (AvgIpc) is 2.57. The summed E-state index contributed by atoms with van der Waals surface area (Å²) >= 11 is 6.04. The Kier molecular flexibility index (Phi) is 5.99. The van der Waals surface area contributed by atoms with E-state index in [1.54, 1.807) is 25.1 Å². The first kappa shape index (κ1) is 18.0. The Bertz CT molecular complexity index is 731. The second-order valence-electron chi connectivity index (χ2n) is 5.81. The summed E-state index contributed by atoms with van der Waals surface area (Å²) in [5.74, 6) is -2.39. The number of hydrogen-bond donors (Lipinski definition) is 2. The van der Waals surface area contributed by atoms with Gasteiger partial charge in [-0.15, -0.1) is 0 Å². The maximum absolute atomic E-state index is 12.3. The molecule has 0 fully saturated rings. The van der Waals surface area contributed by atoms with Crippen LogP contribution in [0.15, 0.2) is 48.5 Å². The first-order chi connectivity index (χ1) is 11.4. The third kappa shape index (κ3) is 4.36. The minimum Gasteiger partial charge on any atom is -0.481 e. The molecule has 0 aliphatic carbocycles. The van der Waals surface area contributed by atoms with Crippen LogP contribution in [0.1, 0.15) is 30.4 Å². The topological polar surface area (TPSA) is 66.4 Å². The highest BCUT2D eigenvalue weighted by molar-refractivity contribution is 6.31. The third-order valence-electron chi connectivity index (χ3n) is 4.19. The Morgan fingerprint density at radius 2 is 1.79 bits per heavy atom. The highest BCUT2D eigenvalue weighted by Crippen LogP contribution is 2.28. The molecule has 0 heterocycles. The number of carbonyl (C=O) groups excluding carboxylic acids is 1. The second kappa shape index (κ2) is 7.97. The number of carbonyl (C=O) groups is 2. The molecule has 2 rings (SSSR count). The highest BCUT2D eigenvalue weighted by atomic mass is 35.5. The Morgan fingerprint density at radius 1 is 1.12 bits per heavy atom. The fourth-order valence-electron chi connectivity index (χ4n) is 2.61. The molecule has 1 amide bonds. The summed E-state index contributed by atoms with van der Waals surface area (Å²) < 4.78 is 0. The van der Waals surface area contributed by atoms with E-state index in [-0.39, 0.29) is 18.2 Å². The number of carboxylic acids is 1. The standard InChI is InChI=1S/C19H20ClNO3/c1-12(14-7-4-3-5-8-14)15(19(23)24)11-18(22)21-17-10-6-9-16(20)13(17)2/h3-10,12,15H,11H2,1-2H3,(H,21,22)(H,23,24)/t12-,15-/m0/s1. The lowest BCUT2D eigenvalue weighted by Crippen LogP contribution is -2.26. The zero-order valence-corrected chi connectivity index (χ0v) is 14.4. The van der Waals surface area contributed by atoms with Crippen molar-refractivity contribution in [2.24, 2.45) is 5.92 Å². The van der Waals surface area contributed by atoms with Crippen LogP contribution in [0, 0.1) is 12.8 Å². The van der Waals surface area contributed by atoms with E-state index >= 15 is 0 Å². The predicted octanol–water partition coefficient (Wildman–Crippen LogP) is 4.48. The lowest BCUT2D eigenvalue weighted by Gasteiger charge is -2.20. The maximum Gasteiger partial charge on any atom is 0.307 e. The summed E-state index contributed by atoms with van der Waals surface area (Å²) in [6.45, 7) is 3.63. The number of rotatable bonds is 6. The van der Waals surface area contributed by atoms with E-state index in [1.807, 2.05) is 37.3 Å². The fourth-order valence-corrected chi connectivity index (χ4v) is 2.79. The Hall–Kier alpha value is -2.33. The van der Waals surface area contributed by atoms with Gasteiger partial charge in [0.1, 0.15) is 0 Å². The van der Waals surface area contributed by atoms with E-state index in [0.717, 1.165) is 11.1 Å². The van der Waals surface area contributed by atoms with Crippen molar-refractivity contribution >= 4 is 29.2 Å². The van der Waals surface area contributed by atoms with Crippen molar-refractivity contribution in [2.75, 3.05) is 5.32 Å². The number of aliphatic carboxylic acids is 1. The normalized spacial score (nSPS) is 13.1. The number of amides is 1. The quantitative estimate of drug-likeness (QED) is 0.811. The molecule has 2 aromatic carbocycles. The monoisotopic (exact) mass is 345 g/mol. The average molecular weight is 346 g/mol. The highest BCUT2D eigenvalue weighted by Gasteiger charge is 2.28. The van der Waals surface area contributed by atoms with E-state index in [2.05, 4.69) is 5.32 Å². The van der Waals surface area contributed by atoms with Gasteiger partial charge >= 0.3 is 5.97 Å². The molecule has 0 aliphatic heterocycles. The lowest BCUT2D eigenvalue weighted by atomic mass is 9.85. The second-order valence-corrected chi connectivity index (χ2v) is 6.22. The fraction of sp³-hybridized carbons (Fsp3) is 0.263. The molecular formula is C19H20ClNO3. The first-order valence-corrected chi connectivity index (χ1v) is 8.10. The molecule has 0 saturated heterocycles. The molecule has 0 radical (unpaired) electrons. The van der Waals surface area contributed by atoms with Gasteiger partial charge in [0.15, 0.2) is 0 Å². The van der Waals surface area contributed by atoms with Crippen molar-refractivity contribution in [3.8, 4) is 0 Å². The van der Waals surface area contributed by atoms with Gasteiger partial charge in [-0.25, -0.2) is 0 Å². The maximum atomic E-state index is 12.3. The van der Waals surface area contributed by atoms with E-state index in [4.69, 9.17) is 11.6 Å². The van der Waals surface area contributed by atoms with Crippen LogP contribution >= 0.6 is 11.6 Å². The predicted molar refractivity (Wildman–Crippen MR) is 95.4 cm³/mol. The van der Waals surface area contributed by atoms with Crippen molar-refractivity contribution in [2.45, 2.75) is 26.2 Å². The smallest absolute Gasteiger partial charge is 0.307 e. The molecule has 24 heavy (non-hydrogen) atoms. The number of carboxylic acid groups (broad SMARTS) is 1. The number of hydrogen-bond acceptors (Lipinski definition) is 2. The van der Waals surface area contributed by atoms with E-state index in [1.165, 1.54) is 0 Å². The molecule has 0 aromatic heterocycles. The Labute approximate surface area is 146 Å². The van der Waals surface area contributed by atoms with Gasteiger partial charge in [0.05, 0.1) is 5.92 Å². The van der Waals surface area contributed by atoms with E-state index in [9.17, 15) is 14.7 Å². The third-order valence-corrected chi connectivity index (χ3v) is 4.60. The van der Waals surface area contributed by atoms with Crippen LogP contribution in [0.2, 0.25) is 5.02 Å². The van der Waals surface area contributed by atoms with Crippen LogP contribution in [0.3, 0.4) is 0 Å². The van der Waals surface area contributed by atoms with Crippen molar-refractivity contribution < 1.29 is 14.7 Å². The molecule has 0 bridgehead atoms. The summed E-state index contributed by atoms with van der Waals surface area (Å²) in [5.41, 5.74) is 2.26. The molecule has 0 aliphatic rings. The lowest BCUT2D eigenvalue weighted by molar-refractivity contribution is -0.144. The summed E-state index contributed by atoms with van der Waals surface area (Å²) in [4.78, 5) is 23.9. The van der Waals surface area contributed by atoms with Gasteiger partial charge in [-0.05, 0) is 36.1 Å². The minimum atomic E-state index is -0.982. The number of benzene rings is 2. The van der Waals surface area contributed by atoms with Crippen molar-refractivity contribution in [3.63, 3.8) is 0 Å². The van der Waals surface area contributed by atoms with Crippen molar-refractivity contribution in [1.82, 2.24) is 0 Å². The molecule has 4 nitrogen and oxygen atoms in total. The molecule has 0 spiro atoms. The van der Waals surface area contributed by atoms with Crippen molar-refractivity contribution in [1.29, 1.82) is 0 Å². The van der Waals surface area contributed by atoms with Gasteiger partial charge in [0, 0.05) is 17.1 Å². The Balaban J connectivity index is 2.12. The largest absolute Gasteiger partial charge is 0.481 e. The SMILES string of the molecule is Cc1c(Cl)cccc1NC(=O)C[C@H](C(=O)O)[C@@H](C)c1ccccc1. The molecule has 5 heteroatoms. The molecular weight excluding hydrogens is 326 g/mol. The van der Waals surface area contributed by atoms with Gasteiger partial charge in [-0.2, -0.15) is 0 Å². The zero-order chi connectivity index (χ0) is 17.7. The molecule has 0 saturated carbocycles. The van der Waals surface area contributed by atoms with Crippen LogP contribution in [-0.4, -0.2) is 17.0 Å². The van der Waals surface area contributed by atoms with Gasteiger partial charge < -0.3 is 10.4 Å². The summed E-state index contributed by atoms with van der Waals surface area (Å²) in [6, 6.07) is 14.6. The summed E-state index contributed by atoms with van der Waals surface area (Å²) in [7, 11) is 0. The van der Waals surface area contributed by atoms with Gasteiger partial charge in [-0.3, -0.25) is 9.59 Å². The number of nitrogens with one attached hydrogen (secondary N) is 1. The molecule has 2 N–H and O–H groups in total. The molecule has 0 unspecified atom stereocenters. The van der Waals surface area contributed by atoms with Gasteiger partial charge in [0.2, 0.25) is 5.91 Å². The van der Waals surface area contributed by atoms with Crippen LogP contribution < -0.4 is 5.32 Å². The Morgan fingerprint density at radius 3 is 2.42 bits per heavy atom.